The van der Waals surface area contributed by atoms with Gasteiger partial charge in [0, 0.05) is 18.6 Å². The smallest absolute Gasteiger partial charge is 0.246 e. The van der Waals surface area contributed by atoms with Crippen molar-refractivity contribution in [3.8, 4) is 0 Å². The number of aromatic nitrogens is 1. The second-order valence-electron chi connectivity index (χ2n) is 3.93. The Morgan fingerprint density at radius 1 is 1.37 bits per heavy atom. The van der Waals surface area contributed by atoms with Gasteiger partial charge in [0.05, 0.1) is 4.61 Å². The summed E-state index contributed by atoms with van der Waals surface area (Å²) < 4.78 is 0.747. The second-order valence-corrected chi connectivity index (χ2v) is 4.78. The third-order valence-corrected chi connectivity index (χ3v) is 3.04. The van der Waals surface area contributed by atoms with E-state index in [0.717, 1.165) is 10.4 Å². The Morgan fingerprint density at radius 2 is 2.26 bits per heavy atom. The van der Waals surface area contributed by atoms with E-state index in [2.05, 4.69) is 36.5 Å². The molecule has 0 radical (unpaired) electrons. The number of carbonyl (C=O) groups is 1. The summed E-state index contributed by atoms with van der Waals surface area (Å²) in [5.74, 6) is 1.25. The molecule has 1 aromatic rings. The van der Waals surface area contributed by atoms with E-state index in [1.165, 1.54) is 0 Å². The van der Waals surface area contributed by atoms with Gasteiger partial charge in [-0.25, -0.2) is 4.98 Å². The van der Waals surface area contributed by atoms with E-state index < -0.39 is 0 Å². The zero-order valence-corrected chi connectivity index (χ0v) is 11.4. The molecule has 1 amide bonds. The van der Waals surface area contributed by atoms with Crippen LogP contribution in [0, 0.1) is 0 Å². The number of rotatable bonds is 1. The van der Waals surface area contributed by atoms with Crippen molar-refractivity contribution in [2.24, 2.45) is 4.99 Å². The highest BCUT2D eigenvalue weighted by Gasteiger charge is 2.25. The quantitative estimate of drug-likeness (QED) is 0.759. The lowest BCUT2D eigenvalue weighted by Crippen LogP contribution is -2.41. The monoisotopic (exact) mass is 319 g/mol. The van der Waals surface area contributed by atoms with Crippen molar-refractivity contribution in [1.29, 1.82) is 0 Å². The molecule has 0 bridgehead atoms. The molecule has 2 aliphatic rings. The molecule has 3 rings (SSSR count). The summed E-state index contributed by atoms with van der Waals surface area (Å²) in [5.41, 5.74) is 0.618. The SMILES string of the molecule is O=C1CN=C2C(=CNC(Br)=CN2c2ccccn2)N1. The normalized spacial score (nSPS) is 18.3. The molecule has 96 valence electrons. The van der Waals surface area contributed by atoms with E-state index in [1.54, 1.807) is 12.4 Å². The second kappa shape index (κ2) is 4.85. The summed E-state index contributed by atoms with van der Waals surface area (Å²) in [6.07, 6.45) is 5.22. The maximum absolute atomic E-state index is 11.4. The standard InChI is InChI=1S/C12H10BrN5O/c13-9-7-18(10-3-1-2-4-14-10)12-8(5-15-9)17-11(19)6-16-12/h1-5,7,15H,6H2,(H,17,19). The highest BCUT2D eigenvalue weighted by molar-refractivity contribution is 9.11. The molecule has 0 aromatic carbocycles. The number of fused-ring (bicyclic) bond motifs is 1. The molecule has 0 spiro atoms. The minimum atomic E-state index is -0.129. The number of anilines is 1. The number of aliphatic imine (C=N–C) groups is 1. The van der Waals surface area contributed by atoms with Crippen molar-refractivity contribution in [3.05, 3.63) is 47.1 Å². The predicted octanol–water partition coefficient (Wildman–Crippen LogP) is 1.05. The number of hydrogen-bond donors (Lipinski definition) is 2. The van der Waals surface area contributed by atoms with Gasteiger partial charge >= 0.3 is 0 Å². The fourth-order valence-electron chi connectivity index (χ4n) is 1.81. The Morgan fingerprint density at radius 3 is 3.05 bits per heavy atom. The number of hydrogen-bond acceptors (Lipinski definition) is 5. The van der Waals surface area contributed by atoms with Gasteiger partial charge in [0.15, 0.2) is 5.84 Å². The van der Waals surface area contributed by atoms with Crippen molar-refractivity contribution < 1.29 is 4.79 Å². The summed E-state index contributed by atoms with van der Waals surface area (Å²) in [4.78, 5) is 21.8. The van der Waals surface area contributed by atoms with Gasteiger partial charge in [0.25, 0.3) is 0 Å². The average Bonchev–Trinajstić information content (AvgIpc) is 2.59. The van der Waals surface area contributed by atoms with E-state index in [0.29, 0.717) is 11.5 Å². The Bertz CT molecular complexity index is 608. The zero-order valence-electron chi connectivity index (χ0n) is 9.80. The molecule has 0 saturated heterocycles. The molecule has 0 saturated carbocycles. The molecule has 6 nitrogen and oxygen atoms in total. The van der Waals surface area contributed by atoms with E-state index in [9.17, 15) is 4.79 Å². The number of pyridine rings is 1. The largest absolute Gasteiger partial charge is 0.353 e. The number of halogens is 1. The van der Waals surface area contributed by atoms with E-state index >= 15 is 0 Å². The lowest BCUT2D eigenvalue weighted by Gasteiger charge is -2.24. The molecule has 0 unspecified atom stereocenters. The number of amides is 1. The minimum absolute atomic E-state index is 0.113. The molecule has 2 N–H and O–H groups in total. The van der Waals surface area contributed by atoms with Crippen LogP contribution in [0.3, 0.4) is 0 Å². The highest BCUT2D eigenvalue weighted by atomic mass is 79.9. The summed E-state index contributed by atoms with van der Waals surface area (Å²) >= 11 is 3.39. The molecule has 7 heteroatoms. The first-order valence-electron chi connectivity index (χ1n) is 5.63. The minimum Gasteiger partial charge on any atom is -0.353 e. The van der Waals surface area contributed by atoms with Crippen LogP contribution >= 0.6 is 15.9 Å². The van der Waals surface area contributed by atoms with Crippen LogP contribution in [-0.2, 0) is 4.79 Å². The first-order chi connectivity index (χ1) is 9.24. The van der Waals surface area contributed by atoms with Gasteiger partial charge in [-0.15, -0.1) is 0 Å². The third-order valence-electron chi connectivity index (χ3n) is 2.61. The molecule has 3 heterocycles. The van der Waals surface area contributed by atoms with Gasteiger partial charge in [-0.3, -0.25) is 14.7 Å². The van der Waals surface area contributed by atoms with Crippen molar-refractivity contribution in [2.45, 2.75) is 0 Å². The lowest BCUT2D eigenvalue weighted by molar-refractivity contribution is -0.119. The van der Waals surface area contributed by atoms with Crippen LogP contribution < -0.4 is 15.5 Å². The molecule has 19 heavy (non-hydrogen) atoms. The Kier molecular flexibility index (Phi) is 3.04. The first kappa shape index (κ1) is 11.9. The van der Waals surface area contributed by atoms with Crippen LogP contribution in [0.25, 0.3) is 0 Å². The first-order valence-corrected chi connectivity index (χ1v) is 6.42. The highest BCUT2D eigenvalue weighted by Crippen LogP contribution is 2.20. The van der Waals surface area contributed by atoms with Crippen LogP contribution in [0.2, 0.25) is 0 Å². The van der Waals surface area contributed by atoms with E-state index in [-0.39, 0.29) is 12.5 Å². The summed E-state index contributed by atoms with van der Waals surface area (Å²) in [6.45, 7) is 0.113. The third kappa shape index (κ3) is 2.37. The Labute approximate surface area is 118 Å². The van der Waals surface area contributed by atoms with Crippen LogP contribution in [0.15, 0.2) is 52.1 Å². The van der Waals surface area contributed by atoms with Gasteiger partial charge in [0.1, 0.15) is 18.1 Å². The molecular weight excluding hydrogens is 310 g/mol. The van der Waals surface area contributed by atoms with Gasteiger partial charge in [-0.2, -0.15) is 0 Å². The molecule has 0 fully saturated rings. The van der Waals surface area contributed by atoms with Crippen molar-refractivity contribution >= 4 is 33.5 Å². The van der Waals surface area contributed by atoms with Crippen molar-refractivity contribution in [1.82, 2.24) is 15.6 Å². The van der Waals surface area contributed by atoms with Crippen molar-refractivity contribution in [3.63, 3.8) is 0 Å². The zero-order chi connectivity index (χ0) is 13.2. The summed E-state index contributed by atoms with van der Waals surface area (Å²) in [5, 5.41) is 5.80. The van der Waals surface area contributed by atoms with E-state index in [4.69, 9.17) is 0 Å². The fraction of sp³-hybridized carbons (Fsp3) is 0.0833. The Hall–Kier alpha value is -2.15. The maximum atomic E-state index is 11.4. The number of carbonyl (C=O) groups excluding carboxylic acids is 1. The van der Waals surface area contributed by atoms with Crippen LogP contribution in [0.1, 0.15) is 0 Å². The van der Waals surface area contributed by atoms with Crippen LogP contribution in [0.5, 0.6) is 0 Å². The van der Waals surface area contributed by atoms with Crippen LogP contribution in [0.4, 0.5) is 5.82 Å². The average molecular weight is 320 g/mol. The van der Waals surface area contributed by atoms with Crippen LogP contribution in [-0.4, -0.2) is 23.3 Å². The molecule has 2 aliphatic heterocycles. The lowest BCUT2D eigenvalue weighted by atomic mass is 10.3. The summed E-state index contributed by atoms with van der Waals surface area (Å²) in [7, 11) is 0. The topological polar surface area (TPSA) is 69.6 Å². The molecule has 0 atom stereocenters. The van der Waals surface area contributed by atoms with Gasteiger partial charge < -0.3 is 10.6 Å². The van der Waals surface area contributed by atoms with E-state index in [1.807, 2.05) is 29.3 Å². The number of nitrogens with one attached hydrogen (secondary N) is 2. The summed E-state index contributed by atoms with van der Waals surface area (Å²) in [6, 6.07) is 5.62. The van der Waals surface area contributed by atoms with Gasteiger partial charge in [0.2, 0.25) is 5.91 Å². The number of nitrogens with zero attached hydrogens (tertiary/aromatic N) is 3. The number of amidine groups is 1. The maximum Gasteiger partial charge on any atom is 0.246 e. The molecular formula is C12H10BrN5O. The molecule has 0 aliphatic carbocycles. The van der Waals surface area contributed by atoms with Gasteiger partial charge in [-0.05, 0) is 28.1 Å². The predicted molar refractivity (Wildman–Crippen MR) is 75.4 cm³/mol. The van der Waals surface area contributed by atoms with Crippen molar-refractivity contribution in [2.75, 3.05) is 11.4 Å². The molecule has 1 aromatic heterocycles. The Balaban J connectivity index is 2.08. The fourth-order valence-corrected chi connectivity index (χ4v) is 2.13. The van der Waals surface area contributed by atoms with Gasteiger partial charge in [-0.1, -0.05) is 6.07 Å².